The molecule has 1 aromatic heterocycles. The lowest BCUT2D eigenvalue weighted by Gasteiger charge is -2.16. The number of rotatable bonds is 3. The van der Waals surface area contributed by atoms with Gasteiger partial charge in [-0.1, -0.05) is 13.8 Å². The summed E-state index contributed by atoms with van der Waals surface area (Å²) in [5.74, 6) is 0.555. The quantitative estimate of drug-likeness (QED) is 0.705. The predicted molar refractivity (Wildman–Crippen MR) is 55.8 cm³/mol. The Morgan fingerprint density at radius 2 is 2.14 bits per heavy atom. The molecule has 1 heterocycles. The summed E-state index contributed by atoms with van der Waals surface area (Å²) in [5, 5.41) is 0. The van der Waals surface area contributed by atoms with Gasteiger partial charge >= 0.3 is 0 Å². The molecule has 0 amide bonds. The Kier molecular flexibility index (Phi) is 3.19. The summed E-state index contributed by atoms with van der Waals surface area (Å²) in [7, 11) is 0. The van der Waals surface area contributed by atoms with E-state index in [-0.39, 0.29) is 11.9 Å². The van der Waals surface area contributed by atoms with Crippen LogP contribution in [0.25, 0.3) is 0 Å². The lowest BCUT2D eigenvalue weighted by atomic mass is 9.97. The van der Waals surface area contributed by atoms with E-state index in [1.807, 2.05) is 13.8 Å². The highest BCUT2D eigenvalue weighted by atomic mass is 16.1. The van der Waals surface area contributed by atoms with Crippen molar-refractivity contribution in [1.29, 1.82) is 0 Å². The molecule has 0 fully saturated rings. The van der Waals surface area contributed by atoms with Crippen LogP contribution in [0.3, 0.4) is 0 Å². The van der Waals surface area contributed by atoms with Crippen LogP contribution in [-0.2, 0) is 0 Å². The third-order valence-corrected chi connectivity index (χ3v) is 2.20. The van der Waals surface area contributed by atoms with Gasteiger partial charge in [0.1, 0.15) is 5.82 Å². The molecular weight excluding hydrogens is 178 g/mol. The van der Waals surface area contributed by atoms with Gasteiger partial charge < -0.3 is 11.5 Å². The molecule has 0 saturated heterocycles. The average Bonchev–Trinajstić information content (AvgIpc) is 2.17. The van der Waals surface area contributed by atoms with Gasteiger partial charge in [-0.25, -0.2) is 4.98 Å². The number of nitrogens with two attached hydrogens (primary N) is 2. The molecule has 1 rings (SSSR count). The van der Waals surface area contributed by atoms with Gasteiger partial charge in [0, 0.05) is 12.2 Å². The monoisotopic (exact) mass is 193 g/mol. The van der Waals surface area contributed by atoms with Crippen molar-refractivity contribution in [3.63, 3.8) is 0 Å². The summed E-state index contributed by atoms with van der Waals surface area (Å²) in [6.07, 6.45) is 2.31. The number of aromatic nitrogens is 1. The molecule has 4 nitrogen and oxygen atoms in total. The Morgan fingerprint density at radius 3 is 2.64 bits per heavy atom. The fourth-order valence-corrected chi connectivity index (χ4v) is 1.17. The molecule has 0 bridgehead atoms. The number of pyridine rings is 1. The number of hydrogen-bond donors (Lipinski definition) is 2. The van der Waals surface area contributed by atoms with Gasteiger partial charge in [-0.15, -0.1) is 0 Å². The van der Waals surface area contributed by atoms with E-state index in [1.54, 1.807) is 12.3 Å². The fourth-order valence-electron chi connectivity index (χ4n) is 1.17. The largest absolute Gasteiger partial charge is 0.383 e. The highest BCUT2D eigenvalue weighted by Gasteiger charge is 2.12. The first kappa shape index (κ1) is 10.7. The van der Waals surface area contributed by atoms with Gasteiger partial charge in [0.25, 0.3) is 0 Å². The van der Waals surface area contributed by atoms with Gasteiger partial charge in [-0.3, -0.25) is 4.79 Å². The van der Waals surface area contributed by atoms with Crippen LogP contribution < -0.4 is 11.5 Å². The summed E-state index contributed by atoms with van der Waals surface area (Å²) < 4.78 is 0. The smallest absolute Gasteiger partial charge is 0.153 e. The predicted octanol–water partition coefficient (Wildman–Crippen LogP) is 1.13. The first-order valence-corrected chi connectivity index (χ1v) is 4.52. The highest BCUT2D eigenvalue weighted by Crippen LogP contribution is 2.20. The summed E-state index contributed by atoms with van der Waals surface area (Å²) >= 11 is 0. The summed E-state index contributed by atoms with van der Waals surface area (Å²) in [4.78, 5) is 14.5. The van der Waals surface area contributed by atoms with Crippen molar-refractivity contribution in [2.24, 2.45) is 11.7 Å². The van der Waals surface area contributed by atoms with E-state index < -0.39 is 0 Å². The Morgan fingerprint density at radius 1 is 1.50 bits per heavy atom. The lowest BCUT2D eigenvalue weighted by Crippen LogP contribution is -2.17. The van der Waals surface area contributed by atoms with E-state index in [2.05, 4.69) is 4.98 Å². The summed E-state index contributed by atoms with van der Waals surface area (Å²) in [6, 6.07) is 1.58. The lowest BCUT2D eigenvalue weighted by molar-refractivity contribution is 0.112. The van der Waals surface area contributed by atoms with Crippen molar-refractivity contribution >= 4 is 12.1 Å². The van der Waals surface area contributed by atoms with Crippen molar-refractivity contribution in [2.75, 3.05) is 5.73 Å². The van der Waals surface area contributed by atoms with E-state index in [1.165, 1.54) is 0 Å². The molecule has 0 aliphatic rings. The normalized spacial score (nSPS) is 12.9. The van der Waals surface area contributed by atoms with E-state index in [9.17, 15) is 4.79 Å². The van der Waals surface area contributed by atoms with Crippen LogP contribution in [0, 0.1) is 5.92 Å². The second kappa shape index (κ2) is 4.19. The number of carbonyl (C=O) groups excluding carboxylic acids is 1. The number of nitrogen functional groups attached to an aromatic ring is 1. The molecule has 4 N–H and O–H groups in total. The molecule has 1 aromatic rings. The Bertz CT molecular complexity index is 336. The maximum absolute atomic E-state index is 10.6. The summed E-state index contributed by atoms with van der Waals surface area (Å²) in [6.45, 7) is 4.03. The van der Waals surface area contributed by atoms with Crippen LogP contribution in [0.5, 0.6) is 0 Å². The molecule has 0 aromatic carbocycles. The number of nitrogens with zero attached hydrogens (tertiary/aromatic N) is 1. The van der Waals surface area contributed by atoms with E-state index in [0.717, 1.165) is 5.56 Å². The minimum atomic E-state index is -0.109. The van der Waals surface area contributed by atoms with Crippen LogP contribution >= 0.6 is 0 Å². The molecule has 0 radical (unpaired) electrons. The van der Waals surface area contributed by atoms with Crippen LogP contribution in [0.2, 0.25) is 0 Å². The second-order valence-electron chi connectivity index (χ2n) is 3.63. The van der Waals surface area contributed by atoms with Crippen molar-refractivity contribution in [2.45, 2.75) is 19.9 Å². The first-order chi connectivity index (χ1) is 6.56. The number of anilines is 1. The molecule has 0 spiro atoms. The van der Waals surface area contributed by atoms with Crippen molar-refractivity contribution in [3.05, 3.63) is 23.4 Å². The first-order valence-electron chi connectivity index (χ1n) is 4.52. The molecule has 0 aliphatic heterocycles. The molecule has 76 valence electrons. The zero-order valence-electron chi connectivity index (χ0n) is 8.40. The molecule has 4 heteroatoms. The molecular formula is C10H15N3O. The van der Waals surface area contributed by atoms with Crippen molar-refractivity contribution < 1.29 is 4.79 Å². The Labute approximate surface area is 83.3 Å². The third-order valence-electron chi connectivity index (χ3n) is 2.20. The topological polar surface area (TPSA) is 82.0 Å². The van der Waals surface area contributed by atoms with Crippen molar-refractivity contribution in [1.82, 2.24) is 4.98 Å². The van der Waals surface area contributed by atoms with Gasteiger partial charge in [0.05, 0.1) is 5.56 Å². The molecule has 14 heavy (non-hydrogen) atoms. The zero-order valence-corrected chi connectivity index (χ0v) is 8.40. The number of carbonyl (C=O) groups is 1. The minimum Gasteiger partial charge on any atom is -0.383 e. The van der Waals surface area contributed by atoms with E-state index in [0.29, 0.717) is 17.8 Å². The van der Waals surface area contributed by atoms with Crippen LogP contribution in [-0.4, -0.2) is 11.3 Å². The minimum absolute atomic E-state index is 0.109. The van der Waals surface area contributed by atoms with Gasteiger partial charge in [0.2, 0.25) is 0 Å². The standard InChI is InChI=1S/C10H15N3O/c1-6(2)9(11)7-3-8(5-14)10(12)13-4-7/h3-6,9H,11H2,1-2H3,(H2,12,13)/t9-/m0/s1. The van der Waals surface area contributed by atoms with Crippen molar-refractivity contribution in [3.8, 4) is 0 Å². The fraction of sp³-hybridized carbons (Fsp3) is 0.400. The summed E-state index contributed by atoms with van der Waals surface area (Å²) in [5.41, 5.74) is 12.7. The Hall–Kier alpha value is -1.42. The zero-order chi connectivity index (χ0) is 10.7. The van der Waals surface area contributed by atoms with Gasteiger partial charge in [0.15, 0.2) is 6.29 Å². The highest BCUT2D eigenvalue weighted by molar-refractivity contribution is 5.81. The maximum atomic E-state index is 10.6. The van der Waals surface area contributed by atoms with Crippen LogP contribution in [0.1, 0.15) is 35.8 Å². The molecule has 0 saturated carbocycles. The number of aldehydes is 1. The van der Waals surface area contributed by atoms with E-state index in [4.69, 9.17) is 11.5 Å². The second-order valence-corrected chi connectivity index (χ2v) is 3.63. The van der Waals surface area contributed by atoms with E-state index >= 15 is 0 Å². The molecule has 0 aliphatic carbocycles. The molecule has 0 unspecified atom stereocenters. The third kappa shape index (κ3) is 2.09. The van der Waals surface area contributed by atoms with Crippen LogP contribution in [0.4, 0.5) is 5.82 Å². The van der Waals surface area contributed by atoms with Gasteiger partial charge in [-0.2, -0.15) is 0 Å². The Balaban J connectivity index is 3.06. The average molecular weight is 193 g/mol. The SMILES string of the molecule is CC(C)[C@H](N)c1cnc(N)c(C=O)c1. The van der Waals surface area contributed by atoms with Gasteiger partial charge in [-0.05, 0) is 17.5 Å². The maximum Gasteiger partial charge on any atom is 0.153 e. The van der Waals surface area contributed by atoms with Crippen LogP contribution in [0.15, 0.2) is 12.3 Å². The number of hydrogen-bond acceptors (Lipinski definition) is 4. The molecule has 1 atom stereocenters.